The summed E-state index contributed by atoms with van der Waals surface area (Å²) in [6.45, 7) is 0. The van der Waals surface area contributed by atoms with Crippen molar-refractivity contribution in [1.82, 2.24) is 9.38 Å². The van der Waals surface area contributed by atoms with Crippen LogP contribution in [0.25, 0.3) is 5.65 Å². The van der Waals surface area contributed by atoms with Crippen LogP contribution in [-0.2, 0) is 6.18 Å². The normalized spacial score (nSPS) is 11.9. The topological polar surface area (TPSA) is 60.4 Å². The Labute approximate surface area is 87.1 Å². The lowest BCUT2D eigenvalue weighted by Crippen LogP contribution is -2.19. The Hall–Kier alpha value is -2.05. The van der Waals surface area contributed by atoms with Gasteiger partial charge in [-0.1, -0.05) is 0 Å². The molecular formula is C9H6F3N3O. The average molecular weight is 229 g/mol. The van der Waals surface area contributed by atoms with Gasteiger partial charge in [-0.15, -0.1) is 0 Å². The number of hydrogen-bond donors (Lipinski definition) is 1. The molecule has 4 nitrogen and oxygen atoms in total. The van der Waals surface area contributed by atoms with Crippen molar-refractivity contribution in [2.45, 2.75) is 6.18 Å². The molecule has 0 radical (unpaired) electrons. The van der Waals surface area contributed by atoms with Crippen molar-refractivity contribution in [3.05, 3.63) is 40.4 Å². The predicted molar refractivity (Wildman–Crippen MR) is 50.9 cm³/mol. The minimum Gasteiger partial charge on any atom is -0.393 e. The zero-order chi connectivity index (χ0) is 11.9. The van der Waals surface area contributed by atoms with Crippen molar-refractivity contribution in [2.24, 2.45) is 0 Å². The number of pyridine rings is 1. The molecule has 0 saturated heterocycles. The lowest BCUT2D eigenvalue weighted by molar-refractivity contribution is -0.137. The third-order valence-electron chi connectivity index (χ3n) is 2.06. The Morgan fingerprint density at radius 1 is 1.38 bits per heavy atom. The predicted octanol–water partition coefficient (Wildman–Crippen LogP) is 1.30. The van der Waals surface area contributed by atoms with Crippen LogP contribution in [0.15, 0.2) is 29.3 Å². The first-order chi connectivity index (χ1) is 7.39. The number of hydrogen-bond acceptors (Lipinski definition) is 3. The first kappa shape index (κ1) is 10.5. The van der Waals surface area contributed by atoms with Crippen LogP contribution in [0, 0.1) is 0 Å². The molecule has 2 heterocycles. The van der Waals surface area contributed by atoms with Gasteiger partial charge >= 0.3 is 6.18 Å². The number of alkyl halides is 3. The number of rotatable bonds is 0. The Morgan fingerprint density at radius 2 is 2.06 bits per heavy atom. The van der Waals surface area contributed by atoms with Gasteiger partial charge in [-0.05, 0) is 12.1 Å². The largest absolute Gasteiger partial charge is 0.416 e. The van der Waals surface area contributed by atoms with Gasteiger partial charge in [0.15, 0.2) is 0 Å². The first-order valence-corrected chi connectivity index (χ1v) is 4.23. The van der Waals surface area contributed by atoms with E-state index < -0.39 is 17.3 Å². The van der Waals surface area contributed by atoms with E-state index in [0.29, 0.717) is 0 Å². The van der Waals surface area contributed by atoms with Gasteiger partial charge in [-0.3, -0.25) is 9.20 Å². The highest BCUT2D eigenvalue weighted by atomic mass is 19.4. The Bertz CT molecular complexity index is 603. The average Bonchev–Trinajstić information content (AvgIpc) is 2.22. The number of nitrogens with two attached hydrogens (primary N) is 1. The van der Waals surface area contributed by atoms with Crippen LogP contribution in [0.4, 0.5) is 18.9 Å². The van der Waals surface area contributed by atoms with Gasteiger partial charge < -0.3 is 5.73 Å². The fourth-order valence-electron chi connectivity index (χ4n) is 1.27. The summed E-state index contributed by atoms with van der Waals surface area (Å²) in [6.07, 6.45) is -2.41. The molecule has 0 saturated carbocycles. The van der Waals surface area contributed by atoms with E-state index in [9.17, 15) is 18.0 Å². The van der Waals surface area contributed by atoms with E-state index in [0.717, 1.165) is 28.9 Å². The van der Waals surface area contributed by atoms with Crippen molar-refractivity contribution >= 4 is 11.3 Å². The third kappa shape index (κ3) is 1.60. The molecule has 2 N–H and O–H groups in total. The molecule has 2 aromatic rings. The van der Waals surface area contributed by atoms with Crippen LogP contribution in [0.1, 0.15) is 5.56 Å². The molecule has 7 heteroatoms. The molecule has 0 unspecified atom stereocenters. The van der Waals surface area contributed by atoms with Gasteiger partial charge in [0.05, 0.1) is 11.8 Å². The standard InChI is InChI=1S/C9H6F3N3O/c10-9(11,12)5-1-2-15-7(3-5)14-4-6(13)8(15)16/h1-4H,13H2. The number of fused-ring (bicyclic) bond motifs is 1. The number of nitrogens with zero attached hydrogens (tertiary/aromatic N) is 2. The van der Waals surface area contributed by atoms with Crippen LogP contribution < -0.4 is 11.3 Å². The van der Waals surface area contributed by atoms with Crippen LogP contribution >= 0.6 is 0 Å². The zero-order valence-corrected chi connectivity index (χ0v) is 7.82. The highest BCUT2D eigenvalue weighted by Crippen LogP contribution is 2.29. The first-order valence-electron chi connectivity index (χ1n) is 4.23. The lowest BCUT2D eigenvalue weighted by Gasteiger charge is -2.07. The molecule has 2 rings (SSSR count). The van der Waals surface area contributed by atoms with Crippen molar-refractivity contribution < 1.29 is 13.2 Å². The van der Waals surface area contributed by atoms with Crippen LogP contribution in [0.2, 0.25) is 0 Å². The SMILES string of the molecule is Nc1cnc2cc(C(F)(F)F)ccn2c1=O. The van der Waals surface area contributed by atoms with Gasteiger partial charge in [-0.25, -0.2) is 4.98 Å². The highest BCUT2D eigenvalue weighted by molar-refractivity contribution is 5.46. The summed E-state index contributed by atoms with van der Waals surface area (Å²) in [4.78, 5) is 15.1. The molecule has 84 valence electrons. The van der Waals surface area contributed by atoms with Crippen molar-refractivity contribution in [3.8, 4) is 0 Å². The Morgan fingerprint density at radius 3 is 2.69 bits per heavy atom. The van der Waals surface area contributed by atoms with E-state index in [2.05, 4.69) is 4.98 Å². The van der Waals surface area contributed by atoms with Gasteiger partial charge in [0, 0.05) is 6.20 Å². The van der Waals surface area contributed by atoms with E-state index >= 15 is 0 Å². The zero-order valence-electron chi connectivity index (χ0n) is 7.82. The molecule has 0 aromatic carbocycles. The summed E-state index contributed by atoms with van der Waals surface area (Å²) < 4.78 is 38.0. The van der Waals surface area contributed by atoms with E-state index in [1.165, 1.54) is 0 Å². The van der Waals surface area contributed by atoms with Crippen molar-refractivity contribution in [3.63, 3.8) is 0 Å². The summed E-state index contributed by atoms with van der Waals surface area (Å²) in [7, 11) is 0. The van der Waals surface area contributed by atoms with Crippen molar-refractivity contribution in [1.29, 1.82) is 0 Å². The summed E-state index contributed by atoms with van der Waals surface area (Å²) >= 11 is 0. The maximum atomic E-state index is 12.4. The molecule has 16 heavy (non-hydrogen) atoms. The molecule has 0 spiro atoms. The number of anilines is 1. The molecule has 0 bridgehead atoms. The molecule has 2 aromatic heterocycles. The summed E-state index contributed by atoms with van der Waals surface area (Å²) in [5, 5.41) is 0. The molecule has 0 amide bonds. The van der Waals surface area contributed by atoms with Crippen LogP contribution in [-0.4, -0.2) is 9.38 Å². The van der Waals surface area contributed by atoms with E-state index in [1.54, 1.807) is 0 Å². The van der Waals surface area contributed by atoms with Crippen LogP contribution in [0.5, 0.6) is 0 Å². The number of aromatic nitrogens is 2. The highest BCUT2D eigenvalue weighted by Gasteiger charge is 2.30. The fraction of sp³-hybridized carbons (Fsp3) is 0.111. The van der Waals surface area contributed by atoms with E-state index in [4.69, 9.17) is 5.73 Å². The van der Waals surface area contributed by atoms with Crippen molar-refractivity contribution in [2.75, 3.05) is 5.73 Å². The number of nitrogen functional groups attached to an aromatic ring is 1. The lowest BCUT2D eigenvalue weighted by atomic mass is 10.2. The summed E-state index contributed by atoms with van der Waals surface area (Å²) in [6, 6.07) is 1.59. The van der Waals surface area contributed by atoms with Gasteiger partial charge in [-0.2, -0.15) is 13.2 Å². The second kappa shape index (κ2) is 3.22. The maximum Gasteiger partial charge on any atom is 0.416 e. The fourth-order valence-corrected chi connectivity index (χ4v) is 1.27. The quantitative estimate of drug-likeness (QED) is 0.740. The van der Waals surface area contributed by atoms with Gasteiger partial charge in [0.25, 0.3) is 5.56 Å². The monoisotopic (exact) mass is 229 g/mol. The van der Waals surface area contributed by atoms with E-state index in [1.807, 2.05) is 0 Å². The Kier molecular flexibility index (Phi) is 2.11. The molecule has 0 aliphatic rings. The summed E-state index contributed by atoms with van der Waals surface area (Å²) in [5.74, 6) is 0. The molecular weight excluding hydrogens is 223 g/mol. The second-order valence-electron chi connectivity index (χ2n) is 3.16. The minimum absolute atomic E-state index is 0.0889. The summed E-state index contributed by atoms with van der Waals surface area (Å²) in [5.41, 5.74) is 3.65. The maximum absolute atomic E-state index is 12.4. The Balaban J connectivity index is 2.75. The molecule has 0 atom stereocenters. The second-order valence-corrected chi connectivity index (χ2v) is 3.16. The number of halogens is 3. The third-order valence-corrected chi connectivity index (χ3v) is 2.06. The molecule has 0 aliphatic heterocycles. The molecule has 0 aliphatic carbocycles. The smallest absolute Gasteiger partial charge is 0.393 e. The van der Waals surface area contributed by atoms with Gasteiger partial charge in [0.2, 0.25) is 0 Å². The van der Waals surface area contributed by atoms with E-state index in [-0.39, 0.29) is 11.3 Å². The minimum atomic E-state index is -4.46. The molecule has 0 fully saturated rings. The van der Waals surface area contributed by atoms with Crippen LogP contribution in [0.3, 0.4) is 0 Å². The van der Waals surface area contributed by atoms with Gasteiger partial charge in [0.1, 0.15) is 11.3 Å².